The smallest absolute Gasteiger partial charge is 0.337 e. The van der Waals surface area contributed by atoms with Crippen LogP contribution in [0.5, 0.6) is 11.5 Å². The van der Waals surface area contributed by atoms with Crippen LogP contribution in [0.4, 0.5) is 0 Å². The number of ether oxygens (including phenoxy) is 3. The largest absolute Gasteiger partial charge is 0.496 e. The number of methoxy groups -OCH3 is 2. The fourth-order valence-electron chi connectivity index (χ4n) is 5.53. The molecule has 0 aromatic heterocycles. The number of Topliss-reactive ketones (excluding diaryl/α,β-unsaturated/α-hetero) is 1. The summed E-state index contributed by atoms with van der Waals surface area (Å²) < 4.78 is 18.0. The second-order valence-corrected chi connectivity index (χ2v) is 11.2. The summed E-state index contributed by atoms with van der Waals surface area (Å²) in [6.07, 6.45) is 6.14. The molecule has 4 rings (SSSR count). The van der Waals surface area contributed by atoms with Crippen molar-refractivity contribution >= 4 is 27.7 Å². The van der Waals surface area contributed by atoms with Gasteiger partial charge >= 0.3 is 5.97 Å². The molecular weight excluding hydrogens is 498 g/mol. The van der Waals surface area contributed by atoms with Crippen molar-refractivity contribution < 1.29 is 23.8 Å². The van der Waals surface area contributed by atoms with Gasteiger partial charge in [-0.05, 0) is 72.5 Å². The van der Waals surface area contributed by atoms with E-state index in [0.29, 0.717) is 29.1 Å². The van der Waals surface area contributed by atoms with Gasteiger partial charge in [0.05, 0.1) is 30.2 Å². The zero-order chi connectivity index (χ0) is 24.6. The molecule has 0 radical (unpaired) electrons. The van der Waals surface area contributed by atoms with Gasteiger partial charge in [0.15, 0.2) is 5.78 Å². The van der Waals surface area contributed by atoms with Crippen molar-refractivity contribution in [3.8, 4) is 11.5 Å². The molecule has 0 spiro atoms. The average Bonchev–Trinajstić information content (AvgIpc) is 2.77. The topological polar surface area (TPSA) is 73.9 Å². The van der Waals surface area contributed by atoms with E-state index in [1.54, 1.807) is 14.2 Å². The van der Waals surface area contributed by atoms with Gasteiger partial charge in [0.2, 0.25) is 0 Å². The van der Waals surface area contributed by atoms with Gasteiger partial charge in [-0.25, -0.2) is 4.79 Å². The molecule has 0 saturated heterocycles. The molecule has 2 aliphatic carbocycles. The van der Waals surface area contributed by atoms with Crippen molar-refractivity contribution in [2.24, 2.45) is 5.41 Å². The molecule has 1 aromatic rings. The molecule has 1 N–H and O–H groups in total. The summed E-state index contributed by atoms with van der Waals surface area (Å²) >= 11 is 3.52. The first-order chi connectivity index (χ1) is 16.1. The van der Waals surface area contributed by atoms with Crippen molar-refractivity contribution in [1.29, 1.82) is 0 Å². The number of esters is 1. The number of hydrogen-bond donors (Lipinski definition) is 1. The SMILES string of the molecule is COc1cc(C2C(C(=O)OC3CCCCC3)=C(C)NC3=C2C(=O)CC(C)(C)C3)c(OC)cc1Br. The van der Waals surface area contributed by atoms with Crippen molar-refractivity contribution in [2.45, 2.75) is 77.7 Å². The maximum atomic E-state index is 13.7. The van der Waals surface area contributed by atoms with Gasteiger partial charge in [0.25, 0.3) is 0 Å². The zero-order valence-electron chi connectivity index (χ0n) is 20.7. The Hall–Kier alpha value is -2.28. The van der Waals surface area contributed by atoms with E-state index in [0.717, 1.165) is 53.5 Å². The number of carbonyl (C=O) groups is 2. The van der Waals surface area contributed by atoms with E-state index in [1.807, 2.05) is 19.1 Å². The standard InChI is InChI=1S/C27H34BrNO5/c1-15-23(26(31)34-16-9-7-6-8-10-16)24(17-11-22(33-5)18(28)12-21(17)32-4)25-19(29-15)13-27(2,3)14-20(25)30/h11-12,16,24,29H,6-10,13-14H2,1-5H3. The summed E-state index contributed by atoms with van der Waals surface area (Å²) in [4.78, 5) is 27.2. The Morgan fingerprint density at radius 2 is 1.74 bits per heavy atom. The lowest BCUT2D eigenvalue weighted by Gasteiger charge is -2.40. The van der Waals surface area contributed by atoms with Crippen LogP contribution < -0.4 is 14.8 Å². The lowest BCUT2D eigenvalue weighted by molar-refractivity contribution is -0.146. The molecule has 6 nitrogen and oxygen atoms in total. The van der Waals surface area contributed by atoms with Crippen LogP contribution in [0.15, 0.2) is 39.1 Å². The lowest BCUT2D eigenvalue weighted by Crippen LogP contribution is -2.39. The molecule has 3 aliphatic rings. The molecule has 0 amide bonds. The molecule has 7 heteroatoms. The molecule has 0 bridgehead atoms. The second kappa shape index (κ2) is 9.76. The van der Waals surface area contributed by atoms with E-state index in [9.17, 15) is 9.59 Å². The Morgan fingerprint density at radius 3 is 2.38 bits per heavy atom. The Bertz CT molecular complexity index is 1070. The van der Waals surface area contributed by atoms with E-state index in [2.05, 4.69) is 35.1 Å². The number of benzene rings is 1. The minimum absolute atomic E-state index is 0.0446. The summed E-state index contributed by atoms with van der Waals surface area (Å²) in [5.41, 5.74) is 3.26. The van der Waals surface area contributed by atoms with Gasteiger partial charge < -0.3 is 19.5 Å². The van der Waals surface area contributed by atoms with E-state index < -0.39 is 5.92 Å². The third-order valence-electron chi connectivity index (χ3n) is 7.10. The van der Waals surface area contributed by atoms with E-state index in [1.165, 1.54) is 6.42 Å². The molecule has 1 heterocycles. The van der Waals surface area contributed by atoms with Crippen LogP contribution in [-0.4, -0.2) is 32.1 Å². The summed E-state index contributed by atoms with van der Waals surface area (Å²) in [5.74, 6) is 0.281. The van der Waals surface area contributed by atoms with Crippen molar-refractivity contribution in [3.05, 3.63) is 44.7 Å². The van der Waals surface area contributed by atoms with Crippen LogP contribution in [0.3, 0.4) is 0 Å². The highest BCUT2D eigenvalue weighted by Crippen LogP contribution is 2.50. The third kappa shape index (κ3) is 4.77. The highest BCUT2D eigenvalue weighted by molar-refractivity contribution is 9.10. The summed E-state index contributed by atoms with van der Waals surface area (Å²) in [6.45, 7) is 6.09. The number of rotatable bonds is 5. The Morgan fingerprint density at radius 1 is 1.06 bits per heavy atom. The lowest BCUT2D eigenvalue weighted by atomic mass is 9.68. The number of ketones is 1. The average molecular weight is 532 g/mol. The predicted molar refractivity (Wildman–Crippen MR) is 134 cm³/mol. The molecule has 1 aliphatic heterocycles. The number of nitrogens with one attached hydrogen (secondary N) is 1. The molecule has 34 heavy (non-hydrogen) atoms. The Labute approximate surface area is 210 Å². The molecule has 1 atom stereocenters. The molecular formula is C27H34BrNO5. The van der Waals surface area contributed by atoms with Gasteiger partial charge in [-0.3, -0.25) is 4.79 Å². The van der Waals surface area contributed by atoms with E-state index in [4.69, 9.17) is 14.2 Å². The number of halogens is 1. The normalized spacial score (nSPS) is 22.8. The van der Waals surface area contributed by atoms with Crippen molar-refractivity contribution in [3.63, 3.8) is 0 Å². The minimum Gasteiger partial charge on any atom is -0.496 e. The summed E-state index contributed by atoms with van der Waals surface area (Å²) in [5, 5.41) is 3.41. The van der Waals surface area contributed by atoms with Crippen LogP contribution in [0.1, 0.15) is 77.2 Å². The van der Waals surface area contributed by atoms with Gasteiger partial charge in [-0.1, -0.05) is 20.3 Å². The Kier molecular flexibility index (Phi) is 7.13. The van der Waals surface area contributed by atoms with Gasteiger partial charge in [-0.15, -0.1) is 0 Å². The summed E-state index contributed by atoms with van der Waals surface area (Å²) in [6, 6.07) is 3.69. The van der Waals surface area contributed by atoms with Crippen LogP contribution in [-0.2, 0) is 14.3 Å². The monoisotopic (exact) mass is 531 g/mol. The maximum Gasteiger partial charge on any atom is 0.337 e. The van der Waals surface area contributed by atoms with Crippen LogP contribution >= 0.6 is 15.9 Å². The minimum atomic E-state index is -0.590. The number of allylic oxidation sites excluding steroid dienone is 3. The molecule has 1 saturated carbocycles. The van der Waals surface area contributed by atoms with Crippen LogP contribution in [0.25, 0.3) is 0 Å². The van der Waals surface area contributed by atoms with E-state index in [-0.39, 0.29) is 23.3 Å². The highest BCUT2D eigenvalue weighted by atomic mass is 79.9. The quantitative estimate of drug-likeness (QED) is 0.473. The first-order valence-corrected chi connectivity index (χ1v) is 12.8. The molecule has 184 valence electrons. The van der Waals surface area contributed by atoms with Gasteiger partial charge in [0, 0.05) is 29.0 Å². The first-order valence-electron chi connectivity index (χ1n) is 12.0. The third-order valence-corrected chi connectivity index (χ3v) is 7.72. The maximum absolute atomic E-state index is 13.7. The fourth-order valence-corrected chi connectivity index (χ4v) is 6.01. The molecule has 1 fully saturated rings. The number of dihydropyridines is 1. The number of hydrogen-bond acceptors (Lipinski definition) is 6. The van der Waals surface area contributed by atoms with E-state index >= 15 is 0 Å². The highest BCUT2D eigenvalue weighted by Gasteiger charge is 2.44. The number of carbonyl (C=O) groups excluding carboxylic acids is 2. The second-order valence-electron chi connectivity index (χ2n) is 10.3. The van der Waals surface area contributed by atoms with Crippen molar-refractivity contribution in [2.75, 3.05) is 14.2 Å². The zero-order valence-corrected chi connectivity index (χ0v) is 22.3. The first kappa shape index (κ1) is 24.8. The predicted octanol–water partition coefficient (Wildman–Crippen LogP) is 5.95. The fraction of sp³-hybridized carbons (Fsp3) is 0.556. The van der Waals surface area contributed by atoms with Gasteiger partial charge in [0.1, 0.15) is 17.6 Å². The Balaban J connectivity index is 1.86. The van der Waals surface area contributed by atoms with Gasteiger partial charge in [-0.2, -0.15) is 0 Å². The summed E-state index contributed by atoms with van der Waals surface area (Å²) in [7, 11) is 3.19. The molecule has 1 unspecified atom stereocenters. The van der Waals surface area contributed by atoms with Crippen molar-refractivity contribution in [1.82, 2.24) is 5.32 Å². The van der Waals surface area contributed by atoms with Crippen LogP contribution in [0.2, 0.25) is 0 Å². The van der Waals surface area contributed by atoms with Crippen LogP contribution in [0, 0.1) is 5.41 Å². The molecule has 1 aromatic carbocycles.